The molecule has 0 bridgehead atoms. The highest BCUT2D eigenvalue weighted by Crippen LogP contribution is 2.41. The first-order valence-electron chi connectivity index (χ1n) is 8.45. The smallest absolute Gasteiger partial charge is 0.295 e. The van der Waals surface area contributed by atoms with Crippen molar-refractivity contribution in [2.45, 2.75) is 13.0 Å². The number of aliphatic hydroxyl groups is 1. The molecular weight excluding hydrogens is 366 g/mol. The summed E-state index contributed by atoms with van der Waals surface area (Å²) >= 11 is 1.43. The van der Waals surface area contributed by atoms with E-state index in [-0.39, 0.29) is 17.9 Å². The number of hydrogen-bond acceptors (Lipinski definition) is 6. The van der Waals surface area contributed by atoms with Gasteiger partial charge in [0.25, 0.3) is 11.7 Å². The molecule has 1 amide bonds. The molecule has 1 atom stereocenters. The number of benzene rings is 1. The van der Waals surface area contributed by atoms with Crippen LogP contribution in [0, 0.1) is 6.92 Å². The van der Waals surface area contributed by atoms with Crippen molar-refractivity contribution in [2.24, 2.45) is 0 Å². The lowest BCUT2D eigenvalue weighted by molar-refractivity contribution is -0.140. The van der Waals surface area contributed by atoms with Gasteiger partial charge in [0.15, 0.2) is 0 Å². The monoisotopic (exact) mass is 387 g/mol. The summed E-state index contributed by atoms with van der Waals surface area (Å²) < 4.78 is 10.3. The van der Waals surface area contributed by atoms with E-state index < -0.39 is 17.7 Å². The largest absolute Gasteiger partial charge is 0.507 e. The summed E-state index contributed by atoms with van der Waals surface area (Å²) in [5, 5.41) is 12.8. The Labute approximate surface area is 161 Å². The Balaban J connectivity index is 2.12. The highest BCUT2D eigenvalue weighted by atomic mass is 32.1. The Hall–Kier alpha value is -2.64. The molecule has 0 unspecified atom stereocenters. The second-order valence-corrected chi connectivity index (χ2v) is 7.16. The Morgan fingerprint density at radius 3 is 2.63 bits per heavy atom. The van der Waals surface area contributed by atoms with Gasteiger partial charge in [-0.2, -0.15) is 0 Å². The first-order valence-corrected chi connectivity index (χ1v) is 9.33. The van der Waals surface area contributed by atoms with Crippen LogP contribution in [0.15, 0.2) is 41.3 Å². The van der Waals surface area contributed by atoms with Gasteiger partial charge in [-0.15, -0.1) is 11.3 Å². The SMILES string of the molecule is COCCN1C(=O)C(=O)C(=C(O)c2ccc(OC)c(C)c2)[C@@H]1c1cccs1. The van der Waals surface area contributed by atoms with Crippen molar-refractivity contribution in [1.82, 2.24) is 4.90 Å². The van der Waals surface area contributed by atoms with Crippen LogP contribution in [-0.4, -0.2) is 49.1 Å². The van der Waals surface area contributed by atoms with Crippen molar-refractivity contribution in [1.29, 1.82) is 0 Å². The van der Waals surface area contributed by atoms with Crippen LogP contribution in [0.3, 0.4) is 0 Å². The molecule has 27 heavy (non-hydrogen) atoms. The zero-order valence-corrected chi connectivity index (χ0v) is 16.2. The summed E-state index contributed by atoms with van der Waals surface area (Å²) in [5.41, 5.74) is 1.39. The first-order chi connectivity index (χ1) is 13.0. The fourth-order valence-corrected chi connectivity index (χ4v) is 4.07. The van der Waals surface area contributed by atoms with Crippen molar-refractivity contribution in [2.75, 3.05) is 27.4 Å². The predicted molar refractivity (Wildman–Crippen MR) is 103 cm³/mol. The number of nitrogens with zero attached hydrogens (tertiary/aromatic N) is 1. The van der Waals surface area contributed by atoms with Gasteiger partial charge in [-0.05, 0) is 42.1 Å². The molecule has 1 aliphatic heterocycles. The van der Waals surface area contributed by atoms with E-state index in [0.29, 0.717) is 17.9 Å². The van der Waals surface area contributed by atoms with Gasteiger partial charge in [0, 0.05) is 24.1 Å². The molecule has 0 spiro atoms. The molecule has 0 aliphatic carbocycles. The Bertz CT molecular complexity index is 888. The van der Waals surface area contributed by atoms with E-state index >= 15 is 0 Å². The number of carbonyl (C=O) groups excluding carboxylic acids is 2. The van der Waals surface area contributed by atoms with Gasteiger partial charge < -0.3 is 19.5 Å². The minimum atomic E-state index is -0.685. The quantitative estimate of drug-likeness (QED) is 0.468. The number of likely N-dealkylation sites (tertiary alicyclic amines) is 1. The average molecular weight is 387 g/mol. The summed E-state index contributed by atoms with van der Waals surface area (Å²) in [7, 11) is 3.11. The van der Waals surface area contributed by atoms with Crippen LogP contribution < -0.4 is 4.74 Å². The third-order valence-electron chi connectivity index (χ3n) is 4.56. The van der Waals surface area contributed by atoms with Crippen molar-refractivity contribution in [3.05, 3.63) is 57.3 Å². The molecule has 7 heteroatoms. The number of Topliss-reactive ketones (excluding diaryl/α,β-unsaturated/α-hetero) is 1. The Morgan fingerprint density at radius 1 is 1.26 bits per heavy atom. The molecule has 1 aliphatic rings. The first kappa shape index (κ1) is 19.1. The molecule has 1 aromatic carbocycles. The number of amides is 1. The van der Waals surface area contributed by atoms with Gasteiger partial charge in [0.1, 0.15) is 11.5 Å². The number of aliphatic hydroxyl groups excluding tert-OH is 1. The Morgan fingerprint density at radius 2 is 2.04 bits per heavy atom. The predicted octanol–water partition coefficient (Wildman–Crippen LogP) is 3.13. The molecule has 0 radical (unpaired) electrons. The van der Waals surface area contributed by atoms with Crippen LogP contribution in [0.2, 0.25) is 0 Å². The highest BCUT2D eigenvalue weighted by molar-refractivity contribution is 7.10. The van der Waals surface area contributed by atoms with E-state index in [0.717, 1.165) is 10.4 Å². The second kappa shape index (κ2) is 7.94. The fraction of sp³-hybridized carbons (Fsp3) is 0.300. The standard InChI is InChI=1S/C20H21NO5S/c1-12-11-13(6-7-14(12)26-3)18(22)16-17(15-5-4-10-27-15)21(8-9-25-2)20(24)19(16)23/h4-7,10-11,17,22H,8-9H2,1-3H3/t17-/m0/s1. The maximum Gasteiger partial charge on any atom is 0.295 e. The zero-order chi connectivity index (χ0) is 19.6. The normalized spacial score (nSPS) is 18.9. The number of methoxy groups -OCH3 is 2. The number of ether oxygens (including phenoxy) is 2. The molecular formula is C20H21NO5S. The maximum atomic E-state index is 12.7. The number of hydrogen-bond donors (Lipinski definition) is 1. The minimum absolute atomic E-state index is 0.100. The van der Waals surface area contributed by atoms with Gasteiger partial charge >= 0.3 is 0 Å². The van der Waals surface area contributed by atoms with Crippen LogP contribution in [0.4, 0.5) is 0 Å². The van der Waals surface area contributed by atoms with E-state index in [1.54, 1.807) is 25.3 Å². The molecule has 1 saturated heterocycles. The van der Waals surface area contributed by atoms with Gasteiger partial charge in [-0.3, -0.25) is 9.59 Å². The topological polar surface area (TPSA) is 76.1 Å². The summed E-state index contributed by atoms with van der Waals surface area (Å²) in [6.07, 6.45) is 0. The number of aryl methyl sites for hydroxylation is 1. The summed E-state index contributed by atoms with van der Waals surface area (Å²) in [6, 6.07) is 8.23. The number of carbonyl (C=O) groups is 2. The molecule has 1 aromatic heterocycles. The number of thiophene rings is 1. The number of ketones is 1. The highest BCUT2D eigenvalue weighted by Gasteiger charge is 2.46. The molecule has 0 saturated carbocycles. The van der Waals surface area contributed by atoms with Gasteiger partial charge in [0.05, 0.1) is 25.3 Å². The third-order valence-corrected chi connectivity index (χ3v) is 5.48. The van der Waals surface area contributed by atoms with Gasteiger partial charge in [-0.1, -0.05) is 6.07 Å². The molecule has 3 rings (SSSR count). The van der Waals surface area contributed by atoms with E-state index in [4.69, 9.17) is 9.47 Å². The zero-order valence-electron chi connectivity index (χ0n) is 15.4. The van der Waals surface area contributed by atoms with Crippen molar-refractivity contribution in [3.8, 4) is 5.75 Å². The van der Waals surface area contributed by atoms with E-state index in [2.05, 4.69) is 0 Å². The molecule has 142 valence electrons. The third kappa shape index (κ3) is 3.48. The van der Waals surface area contributed by atoms with Gasteiger partial charge in [0.2, 0.25) is 0 Å². The number of rotatable bonds is 6. The lowest BCUT2D eigenvalue weighted by Gasteiger charge is -2.23. The minimum Gasteiger partial charge on any atom is -0.507 e. The van der Waals surface area contributed by atoms with Crippen LogP contribution in [0.1, 0.15) is 22.0 Å². The lowest BCUT2D eigenvalue weighted by Crippen LogP contribution is -2.32. The molecule has 2 heterocycles. The van der Waals surface area contributed by atoms with Gasteiger partial charge in [-0.25, -0.2) is 0 Å². The molecule has 1 fully saturated rings. The van der Waals surface area contributed by atoms with Crippen molar-refractivity contribution in [3.63, 3.8) is 0 Å². The summed E-state index contributed by atoms with van der Waals surface area (Å²) in [4.78, 5) is 27.6. The van der Waals surface area contributed by atoms with Crippen LogP contribution in [0.25, 0.3) is 5.76 Å². The molecule has 6 nitrogen and oxygen atoms in total. The van der Waals surface area contributed by atoms with E-state index in [9.17, 15) is 14.7 Å². The lowest BCUT2D eigenvalue weighted by atomic mass is 9.99. The fourth-order valence-electron chi connectivity index (χ4n) is 3.22. The maximum absolute atomic E-state index is 12.7. The molecule has 2 aromatic rings. The summed E-state index contributed by atoms with van der Waals surface area (Å²) in [6.45, 7) is 2.42. The van der Waals surface area contributed by atoms with E-state index in [1.165, 1.54) is 23.3 Å². The average Bonchev–Trinajstić information content (AvgIpc) is 3.27. The van der Waals surface area contributed by atoms with Crippen molar-refractivity contribution < 1.29 is 24.2 Å². The Kier molecular flexibility index (Phi) is 5.62. The van der Waals surface area contributed by atoms with Crippen molar-refractivity contribution >= 4 is 28.8 Å². The van der Waals surface area contributed by atoms with Crippen LogP contribution in [-0.2, 0) is 14.3 Å². The second-order valence-electron chi connectivity index (χ2n) is 6.19. The summed E-state index contributed by atoms with van der Waals surface area (Å²) in [5.74, 6) is -0.813. The van der Waals surface area contributed by atoms with Crippen LogP contribution >= 0.6 is 11.3 Å². The van der Waals surface area contributed by atoms with Crippen LogP contribution in [0.5, 0.6) is 5.75 Å². The molecule has 1 N–H and O–H groups in total. The van der Waals surface area contributed by atoms with E-state index in [1.807, 2.05) is 24.4 Å².